The minimum Gasteiger partial charge on any atom is -0.364 e. The minimum absolute atomic E-state index is 0.135. The Labute approximate surface area is 185 Å². The standard InChI is InChI=1S/C25H23N5O2/c26-24(31)23-13-8-16-30(23,22-12-5-4-11-21(22)28-14-6-7-15-28)25(32)19-17-27-29(18-19)20-9-2-1-3-10-20/h1-7,9-12,14-15,17-18,23H,8,13,16H2,(H-,26,31)/p+1/t23-,30?/m0/s1. The fraction of sp³-hybridized carbons (Fsp3) is 0.160. The first-order valence-corrected chi connectivity index (χ1v) is 10.7. The minimum atomic E-state index is -0.640. The van der Waals surface area contributed by atoms with Gasteiger partial charge in [-0.15, -0.1) is 0 Å². The second kappa shape index (κ2) is 7.94. The maximum Gasteiger partial charge on any atom is 0.354 e. The van der Waals surface area contributed by atoms with E-state index in [-0.39, 0.29) is 10.4 Å². The van der Waals surface area contributed by atoms with Gasteiger partial charge >= 0.3 is 5.91 Å². The van der Waals surface area contributed by atoms with Crippen molar-refractivity contribution in [1.29, 1.82) is 0 Å². The second-order valence-corrected chi connectivity index (χ2v) is 8.05. The van der Waals surface area contributed by atoms with Crippen molar-refractivity contribution in [2.75, 3.05) is 6.54 Å². The van der Waals surface area contributed by atoms with Crippen LogP contribution in [0.5, 0.6) is 0 Å². The Morgan fingerprint density at radius 3 is 2.44 bits per heavy atom. The summed E-state index contributed by atoms with van der Waals surface area (Å²) in [4.78, 5) is 26.7. The zero-order valence-electron chi connectivity index (χ0n) is 17.5. The molecule has 2 aromatic heterocycles. The van der Waals surface area contributed by atoms with Crippen LogP contribution in [0.25, 0.3) is 11.4 Å². The average molecular weight is 427 g/mol. The molecule has 3 heterocycles. The predicted octanol–water partition coefficient (Wildman–Crippen LogP) is 3.46. The number of carbonyl (C=O) groups is 2. The molecule has 7 nitrogen and oxygen atoms in total. The van der Waals surface area contributed by atoms with E-state index in [1.54, 1.807) is 17.1 Å². The molecule has 2 N–H and O–H groups in total. The van der Waals surface area contributed by atoms with Crippen LogP contribution in [0.3, 0.4) is 0 Å². The maximum absolute atomic E-state index is 14.2. The zero-order valence-corrected chi connectivity index (χ0v) is 17.5. The Kier molecular flexibility index (Phi) is 4.95. The molecule has 1 aliphatic heterocycles. The highest BCUT2D eigenvalue weighted by atomic mass is 16.2. The van der Waals surface area contributed by atoms with E-state index >= 15 is 0 Å². The number of para-hydroxylation sites is 3. The number of hydrogen-bond acceptors (Lipinski definition) is 3. The first-order chi connectivity index (χ1) is 15.6. The molecule has 0 saturated carbocycles. The summed E-state index contributed by atoms with van der Waals surface area (Å²) in [6.45, 7) is 0.501. The summed E-state index contributed by atoms with van der Waals surface area (Å²) in [6.07, 6.45) is 8.46. The van der Waals surface area contributed by atoms with Crippen molar-refractivity contribution in [2.45, 2.75) is 18.9 Å². The van der Waals surface area contributed by atoms with E-state index < -0.39 is 11.9 Å². The number of quaternary nitrogens is 1. The number of nitrogens with two attached hydrogens (primary N) is 1. The van der Waals surface area contributed by atoms with Gasteiger partial charge in [-0.05, 0) is 30.3 Å². The van der Waals surface area contributed by atoms with Crippen molar-refractivity contribution in [3.8, 4) is 11.4 Å². The molecule has 2 amide bonds. The molecule has 0 bridgehead atoms. The van der Waals surface area contributed by atoms with E-state index in [4.69, 9.17) is 5.73 Å². The van der Waals surface area contributed by atoms with Gasteiger partial charge in [0.05, 0.1) is 18.4 Å². The largest absolute Gasteiger partial charge is 0.364 e. The first-order valence-electron chi connectivity index (χ1n) is 10.7. The third-order valence-corrected chi connectivity index (χ3v) is 6.26. The third kappa shape index (κ3) is 3.14. The SMILES string of the molecule is NC(=O)[C@@H]1CCC[N+]1(C(=O)c1cnn(-c2ccccc2)c1)c1ccccc1-n1cccc1. The van der Waals surface area contributed by atoms with Crippen LogP contribution in [0.1, 0.15) is 23.2 Å². The fourth-order valence-corrected chi connectivity index (χ4v) is 4.81. The zero-order chi connectivity index (χ0) is 22.1. The van der Waals surface area contributed by atoms with Crippen molar-refractivity contribution in [3.63, 3.8) is 0 Å². The van der Waals surface area contributed by atoms with E-state index in [0.29, 0.717) is 18.5 Å². The lowest BCUT2D eigenvalue weighted by Crippen LogP contribution is -2.62. The van der Waals surface area contributed by atoms with Gasteiger partial charge in [0.1, 0.15) is 11.3 Å². The summed E-state index contributed by atoms with van der Waals surface area (Å²) in [5.74, 6) is -0.637. The molecule has 160 valence electrons. The molecule has 2 aromatic carbocycles. The van der Waals surface area contributed by atoms with Crippen molar-refractivity contribution in [1.82, 2.24) is 18.8 Å². The van der Waals surface area contributed by atoms with Gasteiger partial charge in [0, 0.05) is 37.5 Å². The molecule has 1 aliphatic rings. The highest BCUT2D eigenvalue weighted by Crippen LogP contribution is 2.40. The molecule has 0 aliphatic carbocycles. The van der Waals surface area contributed by atoms with Gasteiger partial charge in [0.25, 0.3) is 5.91 Å². The topological polar surface area (TPSA) is 82.9 Å². The number of likely N-dealkylation sites (tertiary alicyclic amines) is 1. The molecule has 1 fully saturated rings. The lowest BCUT2D eigenvalue weighted by molar-refractivity contribution is -0.121. The monoisotopic (exact) mass is 426 g/mol. The molecule has 32 heavy (non-hydrogen) atoms. The van der Waals surface area contributed by atoms with Crippen LogP contribution in [0.2, 0.25) is 0 Å². The van der Waals surface area contributed by atoms with Gasteiger partial charge in [-0.3, -0.25) is 4.79 Å². The Balaban J connectivity index is 1.66. The predicted molar refractivity (Wildman–Crippen MR) is 123 cm³/mol. The Hall–Kier alpha value is -3.97. The van der Waals surface area contributed by atoms with Gasteiger partial charge in [-0.2, -0.15) is 5.10 Å². The van der Waals surface area contributed by atoms with Crippen molar-refractivity contribution >= 4 is 17.5 Å². The number of primary amides is 1. The summed E-state index contributed by atoms with van der Waals surface area (Å²) < 4.78 is 3.51. The Morgan fingerprint density at radius 1 is 0.969 bits per heavy atom. The molecule has 2 atom stereocenters. The van der Waals surface area contributed by atoms with E-state index in [1.165, 1.54) is 0 Å². The molecule has 0 spiro atoms. The normalized spacial score (nSPS) is 20.3. The summed E-state index contributed by atoms with van der Waals surface area (Å²) in [6, 6.07) is 20.6. The van der Waals surface area contributed by atoms with Crippen LogP contribution in [0.15, 0.2) is 91.5 Å². The van der Waals surface area contributed by atoms with E-state index in [9.17, 15) is 9.59 Å². The number of nitrogens with zero attached hydrogens (tertiary/aromatic N) is 4. The van der Waals surface area contributed by atoms with Crippen LogP contribution in [-0.4, -0.2) is 38.7 Å². The summed E-state index contributed by atoms with van der Waals surface area (Å²) in [5.41, 5.74) is 8.79. The van der Waals surface area contributed by atoms with Gasteiger partial charge in [0.2, 0.25) is 0 Å². The molecule has 4 aromatic rings. The summed E-state index contributed by atoms with van der Waals surface area (Å²) >= 11 is 0. The van der Waals surface area contributed by atoms with Crippen LogP contribution < -0.4 is 10.2 Å². The van der Waals surface area contributed by atoms with Gasteiger partial charge in [0.15, 0.2) is 11.7 Å². The number of hydrogen-bond donors (Lipinski definition) is 1. The number of rotatable bonds is 5. The van der Waals surface area contributed by atoms with Crippen LogP contribution in [-0.2, 0) is 4.79 Å². The highest BCUT2D eigenvalue weighted by Gasteiger charge is 2.54. The average Bonchev–Trinajstić information content (AvgIpc) is 3.60. The quantitative estimate of drug-likeness (QED) is 0.496. The molecular formula is C25H24N5O2+. The maximum atomic E-state index is 14.2. The molecule has 0 radical (unpaired) electrons. The molecule has 1 unspecified atom stereocenters. The molecule has 7 heteroatoms. The third-order valence-electron chi connectivity index (χ3n) is 6.26. The van der Waals surface area contributed by atoms with Crippen LogP contribution in [0, 0.1) is 0 Å². The van der Waals surface area contributed by atoms with E-state index in [1.807, 2.05) is 83.7 Å². The van der Waals surface area contributed by atoms with Crippen molar-refractivity contribution in [3.05, 3.63) is 97.1 Å². The van der Waals surface area contributed by atoms with E-state index in [2.05, 4.69) is 5.10 Å². The van der Waals surface area contributed by atoms with Crippen molar-refractivity contribution < 1.29 is 9.59 Å². The molecular weight excluding hydrogens is 402 g/mol. The smallest absolute Gasteiger partial charge is 0.354 e. The van der Waals surface area contributed by atoms with E-state index in [0.717, 1.165) is 23.5 Å². The number of amides is 2. The van der Waals surface area contributed by atoms with Crippen molar-refractivity contribution in [2.24, 2.45) is 5.73 Å². The van der Waals surface area contributed by atoms with Crippen LogP contribution in [0.4, 0.5) is 5.69 Å². The number of benzene rings is 2. The van der Waals surface area contributed by atoms with Crippen LogP contribution >= 0.6 is 0 Å². The van der Waals surface area contributed by atoms with Gasteiger partial charge in [-0.25, -0.2) is 14.0 Å². The highest BCUT2D eigenvalue weighted by molar-refractivity contribution is 6.07. The fourth-order valence-electron chi connectivity index (χ4n) is 4.81. The van der Waals surface area contributed by atoms with Gasteiger partial charge in [-0.1, -0.05) is 30.3 Å². The lowest BCUT2D eigenvalue weighted by Gasteiger charge is -2.36. The van der Waals surface area contributed by atoms with Gasteiger partial charge < -0.3 is 10.3 Å². The first kappa shape index (κ1) is 20.0. The summed E-state index contributed by atoms with van der Waals surface area (Å²) in [5, 5.41) is 4.41. The molecule has 1 saturated heterocycles. The second-order valence-electron chi connectivity index (χ2n) is 8.05. The Bertz CT molecular complexity index is 1260. The number of aromatic nitrogens is 3. The molecule has 5 rings (SSSR count). The Morgan fingerprint density at radius 2 is 1.69 bits per heavy atom. The summed E-state index contributed by atoms with van der Waals surface area (Å²) in [7, 11) is 0. The lowest BCUT2D eigenvalue weighted by atomic mass is 10.1. The number of carbonyl (C=O) groups excluding carboxylic acids is 2.